The monoisotopic (exact) mass is 202 g/mol. The predicted octanol–water partition coefficient (Wildman–Crippen LogP) is 2.63. The van der Waals surface area contributed by atoms with Crippen LogP contribution in [0.4, 0.5) is 5.13 Å². The van der Waals surface area contributed by atoms with Crippen molar-refractivity contribution in [3.8, 4) is 0 Å². The largest absolute Gasteiger partial charge is 0.359 e. The van der Waals surface area contributed by atoms with E-state index in [1.54, 1.807) is 11.3 Å². The highest BCUT2D eigenvalue weighted by atomic mass is 35.5. The lowest BCUT2D eigenvalue weighted by Crippen LogP contribution is -2.35. The Kier molecular flexibility index (Phi) is 2.24. The number of alkyl halides is 1. The molecule has 1 saturated carbocycles. The predicted molar refractivity (Wildman–Crippen MR) is 53.1 cm³/mol. The maximum Gasteiger partial charge on any atom is 0.183 e. The molecule has 1 aliphatic rings. The first-order valence-electron chi connectivity index (χ1n) is 4.07. The van der Waals surface area contributed by atoms with Gasteiger partial charge in [-0.05, 0) is 19.8 Å². The topological polar surface area (TPSA) is 24.9 Å². The zero-order chi connectivity index (χ0) is 8.55. The molecule has 0 unspecified atom stereocenters. The second kappa shape index (κ2) is 3.23. The second-order valence-corrected chi connectivity index (χ2v) is 4.68. The van der Waals surface area contributed by atoms with Crippen molar-refractivity contribution >= 4 is 28.1 Å². The van der Waals surface area contributed by atoms with Crippen LogP contribution >= 0.6 is 22.9 Å². The summed E-state index contributed by atoms with van der Waals surface area (Å²) in [7, 11) is 0. The molecule has 0 amide bonds. The average Bonchev–Trinajstić information content (AvgIpc) is 2.33. The Morgan fingerprint density at radius 2 is 2.42 bits per heavy atom. The minimum Gasteiger partial charge on any atom is -0.359 e. The first-order chi connectivity index (χ1) is 5.74. The number of hydrogen-bond acceptors (Lipinski definition) is 3. The molecule has 0 spiro atoms. The van der Waals surface area contributed by atoms with Crippen LogP contribution in [0.1, 0.15) is 18.5 Å². The minimum atomic E-state index is 0.378. The summed E-state index contributed by atoms with van der Waals surface area (Å²) < 4.78 is 0. The highest BCUT2D eigenvalue weighted by Gasteiger charge is 2.27. The van der Waals surface area contributed by atoms with E-state index < -0.39 is 0 Å². The Morgan fingerprint density at radius 1 is 1.67 bits per heavy atom. The third kappa shape index (κ3) is 1.72. The number of thiazole rings is 1. The summed E-state index contributed by atoms with van der Waals surface area (Å²) in [5.74, 6) is 0. The van der Waals surface area contributed by atoms with E-state index in [-0.39, 0.29) is 0 Å². The lowest BCUT2D eigenvalue weighted by atomic mass is 9.93. The summed E-state index contributed by atoms with van der Waals surface area (Å²) in [5, 5.41) is 6.81. The lowest BCUT2D eigenvalue weighted by Gasteiger charge is -2.31. The molecule has 12 heavy (non-hydrogen) atoms. The van der Waals surface area contributed by atoms with E-state index in [1.165, 1.54) is 0 Å². The van der Waals surface area contributed by atoms with Crippen molar-refractivity contribution < 1.29 is 0 Å². The Hall–Kier alpha value is -0.280. The fraction of sp³-hybridized carbons (Fsp3) is 0.625. The molecule has 0 aliphatic heterocycles. The van der Waals surface area contributed by atoms with Gasteiger partial charge in [0.1, 0.15) is 0 Å². The molecule has 1 aromatic heterocycles. The molecule has 1 fully saturated rings. The Bertz CT molecular complexity index is 268. The Morgan fingerprint density at radius 3 is 2.92 bits per heavy atom. The maximum atomic E-state index is 5.86. The molecule has 1 aliphatic carbocycles. The van der Waals surface area contributed by atoms with Crippen molar-refractivity contribution in [2.45, 2.75) is 31.2 Å². The van der Waals surface area contributed by atoms with E-state index in [9.17, 15) is 0 Å². The van der Waals surface area contributed by atoms with E-state index in [0.29, 0.717) is 11.4 Å². The van der Waals surface area contributed by atoms with Gasteiger partial charge in [-0.15, -0.1) is 22.9 Å². The molecular formula is C8H11ClN2S. The molecule has 0 bridgehead atoms. The van der Waals surface area contributed by atoms with Gasteiger partial charge in [-0.3, -0.25) is 0 Å². The van der Waals surface area contributed by atoms with Crippen molar-refractivity contribution in [3.63, 3.8) is 0 Å². The van der Waals surface area contributed by atoms with Gasteiger partial charge in [-0.1, -0.05) is 0 Å². The van der Waals surface area contributed by atoms with Crippen LogP contribution in [0, 0.1) is 6.92 Å². The van der Waals surface area contributed by atoms with Crippen molar-refractivity contribution in [1.82, 2.24) is 4.98 Å². The zero-order valence-corrected chi connectivity index (χ0v) is 8.45. The fourth-order valence-electron chi connectivity index (χ4n) is 1.26. The van der Waals surface area contributed by atoms with Gasteiger partial charge in [0.2, 0.25) is 0 Å². The Labute approximate surface area is 81.0 Å². The normalized spacial score (nSPS) is 28.2. The van der Waals surface area contributed by atoms with E-state index in [4.69, 9.17) is 11.6 Å². The van der Waals surface area contributed by atoms with E-state index in [0.717, 1.165) is 23.7 Å². The highest BCUT2D eigenvalue weighted by Crippen LogP contribution is 2.29. The van der Waals surface area contributed by atoms with E-state index in [1.807, 2.05) is 6.92 Å². The van der Waals surface area contributed by atoms with Gasteiger partial charge in [0.15, 0.2) is 5.13 Å². The summed E-state index contributed by atoms with van der Waals surface area (Å²) in [5.41, 5.74) is 1.09. The summed E-state index contributed by atoms with van der Waals surface area (Å²) in [4.78, 5) is 4.32. The molecule has 2 rings (SSSR count). The fourth-order valence-corrected chi connectivity index (χ4v) is 2.46. The number of anilines is 1. The van der Waals surface area contributed by atoms with Gasteiger partial charge in [0.05, 0.1) is 5.69 Å². The molecular weight excluding hydrogens is 192 g/mol. The van der Waals surface area contributed by atoms with Crippen molar-refractivity contribution in [2.75, 3.05) is 5.32 Å². The second-order valence-electron chi connectivity index (χ2n) is 3.20. The molecule has 1 aromatic rings. The number of rotatable bonds is 2. The van der Waals surface area contributed by atoms with E-state index in [2.05, 4.69) is 15.7 Å². The van der Waals surface area contributed by atoms with Gasteiger partial charge in [-0.2, -0.15) is 0 Å². The smallest absolute Gasteiger partial charge is 0.183 e. The van der Waals surface area contributed by atoms with Crippen LogP contribution in [0.25, 0.3) is 0 Å². The van der Waals surface area contributed by atoms with Gasteiger partial charge in [0, 0.05) is 16.8 Å². The SMILES string of the molecule is Cc1csc(NC2CC(Cl)C2)n1. The summed E-state index contributed by atoms with van der Waals surface area (Å²) in [6, 6.07) is 0.554. The van der Waals surface area contributed by atoms with Crippen LogP contribution < -0.4 is 5.32 Å². The standard InChI is InChI=1S/C8H11ClN2S/c1-5-4-12-8(10-5)11-7-2-6(9)3-7/h4,6-7H,2-3H2,1H3,(H,10,11). The average molecular weight is 203 g/mol. The molecule has 66 valence electrons. The minimum absolute atomic E-state index is 0.378. The van der Waals surface area contributed by atoms with Crippen LogP contribution in [0.3, 0.4) is 0 Å². The summed E-state index contributed by atoms with van der Waals surface area (Å²) in [6.45, 7) is 2.01. The third-order valence-corrected chi connectivity index (χ3v) is 3.27. The summed E-state index contributed by atoms with van der Waals surface area (Å²) >= 11 is 7.52. The van der Waals surface area contributed by atoms with Crippen LogP contribution in [-0.4, -0.2) is 16.4 Å². The molecule has 2 nitrogen and oxygen atoms in total. The van der Waals surface area contributed by atoms with Crippen LogP contribution in [0.5, 0.6) is 0 Å². The van der Waals surface area contributed by atoms with Crippen molar-refractivity contribution in [3.05, 3.63) is 11.1 Å². The molecule has 4 heteroatoms. The zero-order valence-electron chi connectivity index (χ0n) is 6.88. The number of nitrogens with zero attached hydrogens (tertiary/aromatic N) is 1. The van der Waals surface area contributed by atoms with Crippen molar-refractivity contribution in [2.24, 2.45) is 0 Å². The van der Waals surface area contributed by atoms with Gasteiger partial charge >= 0.3 is 0 Å². The molecule has 0 atom stereocenters. The van der Waals surface area contributed by atoms with E-state index >= 15 is 0 Å². The summed E-state index contributed by atoms with van der Waals surface area (Å²) in [6.07, 6.45) is 2.14. The highest BCUT2D eigenvalue weighted by molar-refractivity contribution is 7.13. The first kappa shape index (κ1) is 8.32. The quantitative estimate of drug-likeness (QED) is 0.746. The van der Waals surface area contributed by atoms with Crippen LogP contribution in [0.2, 0.25) is 0 Å². The number of halogens is 1. The molecule has 0 radical (unpaired) electrons. The Balaban J connectivity index is 1.88. The van der Waals surface area contributed by atoms with Gasteiger partial charge in [-0.25, -0.2) is 4.98 Å². The number of nitrogens with one attached hydrogen (secondary N) is 1. The lowest BCUT2D eigenvalue weighted by molar-refractivity contribution is 0.454. The number of aryl methyl sites for hydroxylation is 1. The number of hydrogen-bond donors (Lipinski definition) is 1. The van der Waals surface area contributed by atoms with Crippen LogP contribution in [0.15, 0.2) is 5.38 Å². The maximum absolute atomic E-state index is 5.86. The first-order valence-corrected chi connectivity index (χ1v) is 5.38. The van der Waals surface area contributed by atoms with Gasteiger partial charge < -0.3 is 5.32 Å². The third-order valence-electron chi connectivity index (χ3n) is 2.03. The van der Waals surface area contributed by atoms with Crippen LogP contribution in [-0.2, 0) is 0 Å². The molecule has 0 aromatic carbocycles. The number of aromatic nitrogens is 1. The van der Waals surface area contributed by atoms with Crippen molar-refractivity contribution in [1.29, 1.82) is 0 Å². The molecule has 0 saturated heterocycles. The molecule has 1 heterocycles. The van der Waals surface area contributed by atoms with Gasteiger partial charge in [0.25, 0.3) is 0 Å². The molecule has 1 N–H and O–H groups in total.